The first-order valence-corrected chi connectivity index (χ1v) is 13.0. The Hall–Kier alpha value is -3.22. The van der Waals surface area contributed by atoms with Gasteiger partial charge in [-0.1, -0.05) is 35.9 Å². The molecule has 7 heteroatoms. The molecular formula is C30H32ClN3O3. The lowest BCUT2D eigenvalue weighted by atomic mass is 9.89. The van der Waals surface area contributed by atoms with Crippen molar-refractivity contribution in [3.8, 4) is 22.6 Å². The lowest BCUT2D eigenvalue weighted by molar-refractivity contribution is -0.164. The number of benzene rings is 2. The maximum atomic E-state index is 13.1. The molecule has 2 heterocycles. The van der Waals surface area contributed by atoms with Crippen LogP contribution in [0.3, 0.4) is 0 Å². The second-order valence-corrected chi connectivity index (χ2v) is 11.1. The number of aryl methyl sites for hydroxylation is 1. The molecule has 1 saturated carbocycles. The van der Waals surface area contributed by atoms with Gasteiger partial charge >= 0.3 is 5.97 Å². The summed E-state index contributed by atoms with van der Waals surface area (Å²) in [5.74, 6) is 0.379. The molecule has 0 N–H and O–H groups in total. The summed E-state index contributed by atoms with van der Waals surface area (Å²) in [6, 6.07) is 16.3. The monoisotopic (exact) mass is 517 g/mol. The largest absolute Gasteiger partial charge is 0.467 e. The van der Waals surface area contributed by atoms with Gasteiger partial charge in [0.05, 0.1) is 23.7 Å². The van der Waals surface area contributed by atoms with Gasteiger partial charge in [0, 0.05) is 22.3 Å². The fraction of sp³-hybridized carbons (Fsp3) is 0.367. The van der Waals surface area contributed by atoms with Crippen molar-refractivity contribution in [2.24, 2.45) is 0 Å². The van der Waals surface area contributed by atoms with Gasteiger partial charge in [-0.05, 0) is 88.4 Å². The third kappa shape index (κ3) is 4.88. The molecule has 0 bridgehead atoms. The van der Waals surface area contributed by atoms with Crippen LogP contribution in [0, 0.1) is 13.8 Å². The van der Waals surface area contributed by atoms with Crippen molar-refractivity contribution in [2.75, 3.05) is 7.11 Å². The first-order chi connectivity index (χ1) is 17.6. The van der Waals surface area contributed by atoms with Crippen molar-refractivity contribution >= 4 is 28.6 Å². The summed E-state index contributed by atoms with van der Waals surface area (Å²) >= 11 is 6.24. The van der Waals surface area contributed by atoms with Crippen LogP contribution in [0.1, 0.15) is 62.6 Å². The lowest BCUT2D eigenvalue weighted by Gasteiger charge is -2.29. The van der Waals surface area contributed by atoms with Crippen molar-refractivity contribution in [2.45, 2.75) is 65.2 Å². The number of nitrogens with zero attached hydrogens (tertiary/aromatic N) is 3. The Morgan fingerprint density at radius 3 is 2.35 bits per heavy atom. The topological polar surface area (TPSA) is 66.2 Å². The number of rotatable bonds is 6. The quantitative estimate of drug-likeness (QED) is 0.249. The number of esters is 1. The normalized spacial score (nSPS) is 14.7. The van der Waals surface area contributed by atoms with Crippen LogP contribution in [0.4, 0.5) is 0 Å². The van der Waals surface area contributed by atoms with Gasteiger partial charge in [0.2, 0.25) is 0 Å². The minimum atomic E-state index is -0.946. The number of aromatic nitrogens is 3. The van der Waals surface area contributed by atoms with E-state index < -0.39 is 17.7 Å². The molecule has 0 radical (unpaired) electrons. The Balaban J connectivity index is 1.81. The van der Waals surface area contributed by atoms with Crippen LogP contribution in [-0.4, -0.2) is 33.2 Å². The van der Waals surface area contributed by atoms with E-state index in [1.807, 2.05) is 77.1 Å². The minimum Gasteiger partial charge on any atom is -0.467 e. The van der Waals surface area contributed by atoms with E-state index in [0.717, 1.165) is 52.1 Å². The predicted octanol–water partition coefficient (Wildman–Crippen LogP) is 7.40. The van der Waals surface area contributed by atoms with Gasteiger partial charge < -0.3 is 14.0 Å². The van der Waals surface area contributed by atoms with E-state index in [2.05, 4.69) is 10.6 Å². The van der Waals surface area contributed by atoms with E-state index in [-0.39, 0.29) is 0 Å². The summed E-state index contributed by atoms with van der Waals surface area (Å²) in [4.78, 5) is 23.2. The van der Waals surface area contributed by atoms with Crippen LogP contribution in [0.2, 0.25) is 5.02 Å². The molecule has 1 aliphatic rings. The molecule has 1 aliphatic carbocycles. The van der Waals surface area contributed by atoms with Crippen molar-refractivity contribution < 1.29 is 14.3 Å². The van der Waals surface area contributed by atoms with E-state index in [1.54, 1.807) is 0 Å². The third-order valence-corrected chi connectivity index (χ3v) is 6.92. The van der Waals surface area contributed by atoms with Crippen molar-refractivity contribution in [3.63, 3.8) is 0 Å². The van der Waals surface area contributed by atoms with Gasteiger partial charge in [0.25, 0.3) is 0 Å². The number of pyridine rings is 1. The molecule has 192 valence electrons. The van der Waals surface area contributed by atoms with Crippen molar-refractivity contribution in [1.29, 1.82) is 0 Å². The number of fused-ring (bicyclic) bond motifs is 1. The second-order valence-electron chi connectivity index (χ2n) is 10.6. The molecule has 0 aliphatic heterocycles. The average Bonchev–Trinajstić information content (AvgIpc) is 3.62. The smallest absolute Gasteiger partial charge is 0.339 e. The standard InChI is InChI=1S/C30H32ClN3O3/c1-17-24(19-11-13-20(31)14-12-19)25(27(29(35)36-6)37-30(3,4)5)18(2)32-26(17)28-33-22-9-7-8-10-23(22)34(28)21-15-16-21/h7-14,21,27H,15-16H2,1-6H3/t27-/m0/s1. The summed E-state index contributed by atoms with van der Waals surface area (Å²) in [6.45, 7) is 9.73. The average molecular weight is 518 g/mol. The molecule has 4 aromatic rings. The Kier molecular flexibility index (Phi) is 6.59. The molecule has 0 spiro atoms. The Morgan fingerprint density at radius 2 is 1.73 bits per heavy atom. The molecule has 0 unspecified atom stereocenters. The second kappa shape index (κ2) is 9.58. The lowest BCUT2D eigenvalue weighted by Crippen LogP contribution is -2.29. The molecule has 37 heavy (non-hydrogen) atoms. The number of halogens is 1. The number of para-hydroxylation sites is 2. The Labute approximate surface area is 222 Å². The fourth-order valence-corrected chi connectivity index (χ4v) is 5.07. The molecular weight excluding hydrogens is 486 g/mol. The number of ether oxygens (including phenoxy) is 2. The zero-order valence-electron chi connectivity index (χ0n) is 22.1. The summed E-state index contributed by atoms with van der Waals surface area (Å²) in [5, 5.41) is 0.639. The fourth-order valence-electron chi connectivity index (χ4n) is 4.94. The van der Waals surface area contributed by atoms with Crippen LogP contribution >= 0.6 is 11.6 Å². The van der Waals surface area contributed by atoms with Gasteiger partial charge in [-0.25, -0.2) is 14.8 Å². The van der Waals surface area contributed by atoms with Gasteiger partial charge in [0.1, 0.15) is 5.69 Å². The highest BCUT2D eigenvalue weighted by Crippen LogP contribution is 2.44. The summed E-state index contributed by atoms with van der Waals surface area (Å²) in [5.41, 5.74) is 6.38. The van der Waals surface area contributed by atoms with E-state index in [1.165, 1.54) is 7.11 Å². The Bertz CT molecular complexity index is 1480. The highest BCUT2D eigenvalue weighted by Gasteiger charge is 2.35. The molecule has 5 rings (SSSR count). The van der Waals surface area contributed by atoms with Gasteiger partial charge in [-0.3, -0.25) is 0 Å². The van der Waals surface area contributed by atoms with Gasteiger partial charge in [-0.15, -0.1) is 0 Å². The van der Waals surface area contributed by atoms with Crippen LogP contribution in [0.25, 0.3) is 33.7 Å². The molecule has 1 fully saturated rings. The first-order valence-electron chi connectivity index (χ1n) is 12.6. The summed E-state index contributed by atoms with van der Waals surface area (Å²) < 4.78 is 13.8. The van der Waals surface area contributed by atoms with Crippen molar-refractivity contribution in [3.05, 3.63) is 70.4 Å². The molecule has 0 amide bonds. The zero-order valence-corrected chi connectivity index (χ0v) is 22.9. The van der Waals surface area contributed by atoms with Gasteiger partial charge in [0.15, 0.2) is 11.9 Å². The van der Waals surface area contributed by atoms with E-state index >= 15 is 0 Å². The summed E-state index contributed by atoms with van der Waals surface area (Å²) in [6.07, 6.45) is 1.30. The highest BCUT2D eigenvalue weighted by molar-refractivity contribution is 6.30. The SMILES string of the molecule is COC(=O)[C@@H](OC(C)(C)C)c1c(C)nc(-c2nc3ccccc3n2C2CC2)c(C)c1-c1ccc(Cl)cc1. The maximum Gasteiger partial charge on any atom is 0.339 e. The number of imidazole rings is 1. The molecule has 2 aromatic carbocycles. The molecule has 6 nitrogen and oxygen atoms in total. The van der Waals surface area contributed by atoms with E-state index in [0.29, 0.717) is 22.3 Å². The van der Waals surface area contributed by atoms with Gasteiger partial charge in [-0.2, -0.15) is 0 Å². The molecule has 0 saturated heterocycles. The highest BCUT2D eigenvalue weighted by atomic mass is 35.5. The number of hydrogen-bond acceptors (Lipinski definition) is 5. The zero-order chi connectivity index (χ0) is 26.5. The molecule has 2 aromatic heterocycles. The number of carbonyl (C=O) groups excluding carboxylic acids is 1. The molecule has 1 atom stereocenters. The van der Waals surface area contributed by atoms with Crippen LogP contribution in [-0.2, 0) is 14.3 Å². The van der Waals surface area contributed by atoms with Crippen LogP contribution in [0.15, 0.2) is 48.5 Å². The maximum absolute atomic E-state index is 13.1. The first kappa shape index (κ1) is 25.4. The number of methoxy groups -OCH3 is 1. The van der Waals surface area contributed by atoms with E-state index in [9.17, 15) is 4.79 Å². The van der Waals surface area contributed by atoms with Crippen molar-refractivity contribution in [1.82, 2.24) is 14.5 Å². The minimum absolute atomic E-state index is 0.412. The van der Waals surface area contributed by atoms with E-state index in [4.69, 9.17) is 31.0 Å². The third-order valence-electron chi connectivity index (χ3n) is 6.67. The predicted molar refractivity (Wildman–Crippen MR) is 147 cm³/mol. The van der Waals surface area contributed by atoms with Crippen LogP contribution in [0.5, 0.6) is 0 Å². The number of carbonyl (C=O) groups is 1. The summed E-state index contributed by atoms with van der Waals surface area (Å²) in [7, 11) is 1.38. The van der Waals surface area contributed by atoms with Crippen LogP contribution < -0.4 is 0 Å². The number of hydrogen-bond donors (Lipinski definition) is 0. The Morgan fingerprint density at radius 1 is 1.05 bits per heavy atom.